The standard InChI is InChI=1S/C16H32N2/c1-3-7-15-10-4-5-11-18(15)16(2,13-17)12-14-8-6-9-14/h14-15H,3-13,17H2,1-2H3. The quantitative estimate of drug-likeness (QED) is 0.783. The van der Waals surface area contributed by atoms with Crippen molar-refractivity contribution in [3.05, 3.63) is 0 Å². The van der Waals surface area contributed by atoms with E-state index in [4.69, 9.17) is 5.73 Å². The van der Waals surface area contributed by atoms with E-state index in [1.54, 1.807) is 0 Å². The zero-order chi connectivity index (χ0) is 13.0. The molecule has 1 aliphatic carbocycles. The van der Waals surface area contributed by atoms with Crippen molar-refractivity contribution in [2.24, 2.45) is 11.7 Å². The van der Waals surface area contributed by atoms with Gasteiger partial charge in [-0.25, -0.2) is 0 Å². The van der Waals surface area contributed by atoms with E-state index in [-0.39, 0.29) is 5.54 Å². The molecule has 2 nitrogen and oxygen atoms in total. The minimum Gasteiger partial charge on any atom is -0.329 e. The number of nitrogens with two attached hydrogens (primary N) is 1. The fourth-order valence-corrected chi connectivity index (χ4v) is 3.98. The maximum Gasteiger partial charge on any atom is 0.0309 e. The summed E-state index contributed by atoms with van der Waals surface area (Å²) in [7, 11) is 0. The Bertz CT molecular complexity index is 247. The van der Waals surface area contributed by atoms with Gasteiger partial charge in [0.15, 0.2) is 0 Å². The molecule has 2 unspecified atom stereocenters. The first-order chi connectivity index (χ1) is 8.69. The van der Waals surface area contributed by atoms with Gasteiger partial charge < -0.3 is 5.73 Å². The topological polar surface area (TPSA) is 29.3 Å². The summed E-state index contributed by atoms with van der Waals surface area (Å²) in [6.45, 7) is 6.87. The van der Waals surface area contributed by atoms with Crippen LogP contribution in [-0.2, 0) is 0 Å². The average Bonchev–Trinajstić information content (AvgIpc) is 2.35. The fraction of sp³-hybridized carbons (Fsp3) is 1.00. The van der Waals surface area contributed by atoms with Crippen LogP contribution < -0.4 is 5.73 Å². The third-order valence-corrected chi connectivity index (χ3v) is 5.34. The first-order valence-electron chi connectivity index (χ1n) is 8.16. The fourth-order valence-electron chi connectivity index (χ4n) is 3.98. The third kappa shape index (κ3) is 3.08. The Labute approximate surface area is 113 Å². The van der Waals surface area contributed by atoms with Crippen molar-refractivity contribution in [1.29, 1.82) is 0 Å². The molecular formula is C16H32N2. The van der Waals surface area contributed by atoms with E-state index >= 15 is 0 Å². The molecule has 0 radical (unpaired) electrons. The zero-order valence-corrected chi connectivity index (χ0v) is 12.5. The summed E-state index contributed by atoms with van der Waals surface area (Å²) in [6.07, 6.45) is 12.5. The van der Waals surface area contributed by atoms with Crippen LogP contribution in [0.4, 0.5) is 0 Å². The lowest BCUT2D eigenvalue weighted by Crippen LogP contribution is -2.58. The lowest BCUT2D eigenvalue weighted by atomic mass is 9.74. The lowest BCUT2D eigenvalue weighted by molar-refractivity contribution is 0.00527. The van der Waals surface area contributed by atoms with E-state index in [9.17, 15) is 0 Å². The van der Waals surface area contributed by atoms with Crippen LogP contribution >= 0.6 is 0 Å². The third-order valence-electron chi connectivity index (χ3n) is 5.34. The summed E-state index contributed by atoms with van der Waals surface area (Å²) in [6, 6.07) is 0.803. The number of rotatable bonds is 6. The predicted molar refractivity (Wildman–Crippen MR) is 78.7 cm³/mol. The molecule has 0 aromatic carbocycles. The molecule has 2 rings (SSSR count). The molecule has 2 heteroatoms. The van der Waals surface area contributed by atoms with Gasteiger partial charge >= 0.3 is 0 Å². The second-order valence-corrected chi connectivity index (χ2v) is 6.83. The number of likely N-dealkylation sites (tertiary alicyclic amines) is 1. The van der Waals surface area contributed by atoms with E-state index in [1.165, 1.54) is 64.3 Å². The highest BCUT2D eigenvalue weighted by atomic mass is 15.2. The molecule has 0 amide bonds. The van der Waals surface area contributed by atoms with E-state index in [0.717, 1.165) is 18.5 Å². The number of piperidine rings is 1. The van der Waals surface area contributed by atoms with Crippen molar-refractivity contribution in [2.75, 3.05) is 13.1 Å². The highest BCUT2D eigenvalue weighted by Gasteiger charge is 2.39. The molecule has 2 aliphatic rings. The summed E-state index contributed by atoms with van der Waals surface area (Å²) >= 11 is 0. The molecule has 2 fully saturated rings. The monoisotopic (exact) mass is 252 g/mol. The molecule has 2 atom stereocenters. The van der Waals surface area contributed by atoms with Gasteiger partial charge in [0, 0.05) is 18.1 Å². The summed E-state index contributed by atoms with van der Waals surface area (Å²) in [5.74, 6) is 0.961. The maximum atomic E-state index is 6.18. The highest BCUT2D eigenvalue weighted by molar-refractivity contribution is 4.95. The van der Waals surface area contributed by atoms with Gasteiger partial charge in [-0.15, -0.1) is 0 Å². The van der Waals surface area contributed by atoms with Crippen LogP contribution in [0.2, 0.25) is 0 Å². The Morgan fingerprint density at radius 1 is 1.17 bits per heavy atom. The summed E-state index contributed by atoms with van der Waals surface area (Å²) in [5, 5.41) is 0. The second kappa shape index (κ2) is 6.38. The van der Waals surface area contributed by atoms with Crippen LogP contribution in [0.5, 0.6) is 0 Å². The van der Waals surface area contributed by atoms with Gasteiger partial charge in [0.05, 0.1) is 0 Å². The van der Waals surface area contributed by atoms with Gasteiger partial charge in [-0.2, -0.15) is 0 Å². The van der Waals surface area contributed by atoms with Crippen molar-refractivity contribution < 1.29 is 0 Å². The normalized spacial score (nSPS) is 29.8. The summed E-state index contributed by atoms with van der Waals surface area (Å²) < 4.78 is 0. The van der Waals surface area contributed by atoms with Crippen LogP contribution in [0, 0.1) is 5.92 Å². The van der Waals surface area contributed by atoms with Gasteiger partial charge in [0.1, 0.15) is 0 Å². The molecule has 0 bridgehead atoms. The second-order valence-electron chi connectivity index (χ2n) is 6.83. The zero-order valence-electron chi connectivity index (χ0n) is 12.5. The highest BCUT2D eigenvalue weighted by Crippen LogP contribution is 2.38. The Hall–Kier alpha value is -0.0800. The Morgan fingerprint density at radius 3 is 2.50 bits per heavy atom. The first kappa shape index (κ1) is 14.3. The molecule has 1 saturated heterocycles. The van der Waals surface area contributed by atoms with E-state index in [0.29, 0.717) is 0 Å². The van der Waals surface area contributed by atoms with Crippen LogP contribution in [0.3, 0.4) is 0 Å². The van der Waals surface area contributed by atoms with Gasteiger partial charge in [-0.05, 0) is 45.1 Å². The summed E-state index contributed by atoms with van der Waals surface area (Å²) in [4.78, 5) is 2.79. The minimum absolute atomic E-state index is 0.269. The minimum atomic E-state index is 0.269. The molecule has 0 aromatic heterocycles. The van der Waals surface area contributed by atoms with Gasteiger partial charge in [0.25, 0.3) is 0 Å². The van der Waals surface area contributed by atoms with Gasteiger partial charge in [-0.1, -0.05) is 39.0 Å². The number of hydrogen-bond donors (Lipinski definition) is 1. The van der Waals surface area contributed by atoms with Crippen LogP contribution in [0.25, 0.3) is 0 Å². The van der Waals surface area contributed by atoms with Crippen LogP contribution in [-0.4, -0.2) is 29.6 Å². The van der Waals surface area contributed by atoms with Crippen molar-refractivity contribution in [3.63, 3.8) is 0 Å². The Morgan fingerprint density at radius 2 is 1.94 bits per heavy atom. The molecule has 1 saturated carbocycles. The van der Waals surface area contributed by atoms with Crippen LogP contribution in [0.15, 0.2) is 0 Å². The molecule has 18 heavy (non-hydrogen) atoms. The van der Waals surface area contributed by atoms with Crippen molar-refractivity contribution in [1.82, 2.24) is 4.90 Å². The molecule has 1 heterocycles. The molecule has 2 N–H and O–H groups in total. The van der Waals surface area contributed by atoms with Crippen molar-refractivity contribution in [3.8, 4) is 0 Å². The molecule has 106 valence electrons. The number of hydrogen-bond acceptors (Lipinski definition) is 2. The lowest BCUT2D eigenvalue weighted by Gasteiger charge is -2.50. The average molecular weight is 252 g/mol. The largest absolute Gasteiger partial charge is 0.329 e. The predicted octanol–water partition coefficient (Wildman–Crippen LogP) is 3.55. The molecule has 0 aromatic rings. The van der Waals surface area contributed by atoms with Gasteiger partial charge in [-0.3, -0.25) is 4.90 Å². The van der Waals surface area contributed by atoms with Crippen molar-refractivity contribution in [2.45, 2.75) is 83.2 Å². The molecular weight excluding hydrogens is 220 g/mol. The van der Waals surface area contributed by atoms with Crippen molar-refractivity contribution >= 4 is 0 Å². The maximum absolute atomic E-state index is 6.18. The smallest absolute Gasteiger partial charge is 0.0309 e. The number of nitrogens with zero attached hydrogens (tertiary/aromatic N) is 1. The molecule has 1 aliphatic heterocycles. The van der Waals surface area contributed by atoms with Crippen LogP contribution in [0.1, 0.15) is 71.6 Å². The SMILES string of the molecule is CCCC1CCCCN1C(C)(CN)CC1CCC1. The summed E-state index contributed by atoms with van der Waals surface area (Å²) in [5.41, 5.74) is 6.45. The Balaban J connectivity index is 2.01. The van der Waals surface area contributed by atoms with E-state index in [2.05, 4.69) is 18.7 Å². The first-order valence-corrected chi connectivity index (χ1v) is 8.16. The van der Waals surface area contributed by atoms with Gasteiger partial charge in [0.2, 0.25) is 0 Å². The molecule has 0 spiro atoms. The van der Waals surface area contributed by atoms with E-state index in [1.807, 2.05) is 0 Å². The Kier molecular flexibility index (Phi) is 5.08. The van der Waals surface area contributed by atoms with E-state index < -0.39 is 0 Å².